The number of rotatable bonds is 6. The van der Waals surface area contributed by atoms with Gasteiger partial charge in [-0.1, -0.05) is 6.92 Å². The Kier molecular flexibility index (Phi) is 5.49. The second kappa shape index (κ2) is 8.23. The smallest absolute Gasteiger partial charge is 0.269 e. The minimum absolute atomic E-state index is 0.00604. The van der Waals surface area contributed by atoms with Crippen molar-refractivity contribution in [1.29, 1.82) is 0 Å². The number of H-pyrrole nitrogens is 1. The number of aromatic amines is 1. The molecule has 2 N–H and O–H groups in total. The van der Waals surface area contributed by atoms with Gasteiger partial charge >= 0.3 is 0 Å². The van der Waals surface area contributed by atoms with Crippen LogP contribution in [0.5, 0.6) is 5.75 Å². The Bertz CT molecular complexity index is 1140. The van der Waals surface area contributed by atoms with Gasteiger partial charge in [-0.3, -0.25) is 14.5 Å². The van der Waals surface area contributed by atoms with Gasteiger partial charge in [-0.2, -0.15) is 9.49 Å². The van der Waals surface area contributed by atoms with E-state index in [1.54, 1.807) is 10.7 Å². The van der Waals surface area contributed by atoms with Crippen LogP contribution in [0.2, 0.25) is 0 Å². The van der Waals surface area contributed by atoms with Crippen LogP contribution in [0.25, 0.3) is 5.65 Å². The van der Waals surface area contributed by atoms with E-state index in [-0.39, 0.29) is 23.1 Å². The minimum Gasteiger partial charge on any atom is -0.484 e. The molecule has 1 unspecified atom stereocenters. The summed E-state index contributed by atoms with van der Waals surface area (Å²) in [5, 5.41) is 6.95. The van der Waals surface area contributed by atoms with Crippen molar-refractivity contribution in [3.63, 3.8) is 0 Å². The first-order chi connectivity index (χ1) is 14.5. The second-order valence-corrected chi connectivity index (χ2v) is 7.26. The molecule has 158 valence electrons. The highest BCUT2D eigenvalue weighted by atomic mass is 19.1. The van der Waals surface area contributed by atoms with Crippen LogP contribution in [-0.2, 0) is 13.0 Å². The van der Waals surface area contributed by atoms with Gasteiger partial charge in [0.2, 0.25) is 0 Å². The highest BCUT2D eigenvalue weighted by Crippen LogP contribution is 2.22. The molecule has 1 aliphatic heterocycles. The Morgan fingerprint density at radius 1 is 1.43 bits per heavy atom. The van der Waals surface area contributed by atoms with Crippen LogP contribution in [0.15, 0.2) is 29.2 Å². The van der Waals surface area contributed by atoms with Crippen molar-refractivity contribution in [2.45, 2.75) is 32.4 Å². The number of pyridine rings is 1. The van der Waals surface area contributed by atoms with Gasteiger partial charge in [-0.05, 0) is 25.0 Å². The summed E-state index contributed by atoms with van der Waals surface area (Å²) in [6, 6.07) is 4.72. The van der Waals surface area contributed by atoms with E-state index < -0.39 is 11.9 Å². The third kappa shape index (κ3) is 4.04. The standard InChI is InChI=1S/C20H23FN6O3/c1-3-12-9-27-17(24-19(12)28)8-13(25-27)10-26-7-6-14(11-26)30-16-5-4-15(20(29)22-2)23-18(16)21/h4-5,8-9,14H,3,6-7,10-11H2,1-2H3,(H,22,29)(H,24,28). The predicted octanol–water partition coefficient (Wildman–Crippen LogP) is 1.13. The van der Waals surface area contributed by atoms with Crippen molar-refractivity contribution in [3.05, 3.63) is 57.6 Å². The summed E-state index contributed by atoms with van der Waals surface area (Å²) >= 11 is 0. The fourth-order valence-electron chi connectivity index (χ4n) is 3.58. The zero-order valence-electron chi connectivity index (χ0n) is 16.8. The van der Waals surface area contributed by atoms with E-state index >= 15 is 0 Å². The van der Waals surface area contributed by atoms with E-state index in [9.17, 15) is 14.0 Å². The first-order valence-electron chi connectivity index (χ1n) is 9.85. The van der Waals surface area contributed by atoms with Crippen LogP contribution in [0.4, 0.5) is 4.39 Å². The number of fused-ring (bicyclic) bond motifs is 1. The maximum absolute atomic E-state index is 14.2. The van der Waals surface area contributed by atoms with E-state index in [0.717, 1.165) is 18.7 Å². The van der Waals surface area contributed by atoms with Crippen LogP contribution < -0.4 is 15.6 Å². The number of aromatic nitrogens is 4. The van der Waals surface area contributed by atoms with Gasteiger partial charge in [0.05, 0.1) is 5.69 Å². The summed E-state index contributed by atoms with van der Waals surface area (Å²) in [5.41, 5.74) is 2.09. The number of amides is 1. The number of carbonyl (C=O) groups excluding carboxylic acids is 1. The van der Waals surface area contributed by atoms with Gasteiger partial charge in [0, 0.05) is 44.5 Å². The molecule has 0 radical (unpaired) electrons. The summed E-state index contributed by atoms with van der Waals surface area (Å²) in [5.74, 6) is -1.22. The predicted molar refractivity (Wildman–Crippen MR) is 107 cm³/mol. The zero-order valence-corrected chi connectivity index (χ0v) is 16.8. The molecular weight excluding hydrogens is 391 g/mol. The van der Waals surface area contributed by atoms with Gasteiger partial charge in [0.25, 0.3) is 17.4 Å². The van der Waals surface area contributed by atoms with Gasteiger partial charge in [0.15, 0.2) is 5.75 Å². The molecule has 3 aromatic heterocycles. The van der Waals surface area contributed by atoms with Crippen molar-refractivity contribution < 1.29 is 13.9 Å². The molecule has 1 atom stereocenters. The number of carbonyl (C=O) groups is 1. The topological polar surface area (TPSA) is 105 Å². The molecule has 0 aromatic carbocycles. The molecule has 4 rings (SSSR count). The highest BCUT2D eigenvalue weighted by Gasteiger charge is 2.26. The third-order valence-electron chi connectivity index (χ3n) is 5.16. The minimum atomic E-state index is -0.800. The third-order valence-corrected chi connectivity index (χ3v) is 5.16. The van der Waals surface area contributed by atoms with E-state index in [0.29, 0.717) is 30.7 Å². The molecule has 9 nitrogen and oxygen atoms in total. The summed E-state index contributed by atoms with van der Waals surface area (Å²) in [4.78, 5) is 32.2. The maximum Gasteiger partial charge on any atom is 0.269 e. The molecule has 3 aromatic rings. The normalized spacial score (nSPS) is 16.8. The number of hydrogen-bond acceptors (Lipinski definition) is 6. The van der Waals surface area contributed by atoms with Gasteiger partial charge in [-0.25, -0.2) is 9.50 Å². The van der Waals surface area contributed by atoms with Gasteiger partial charge < -0.3 is 15.0 Å². The Labute approximate surface area is 171 Å². The van der Waals surface area contributed by atoms with Crippen LogP contribution in [0.1, 0.15) is 35.1 Å². The number of nitrogens with one attached hydrogen (secondary N) is 2. The molecule has 30 heavy (non-hydrogen) atoms. The Morgan fingerprint density at radius 3 is 3.00 bits per heavy atom. The number of ether oxygens (including phenoxy) is 1. The lowest BCUT2D eigenvalue weighted by atomic mass is 10.3. The monoisotopic (exact) mass is 414 g/mol. The fourth-order valence-corrected chi connectivity index (χ4v) is 3.58. The first-order valence-corrected chi connectivity index (χ1v) is 9.85. The molecular formula is C20H23FN6O3. The van der Waals surface area contributed by atoms with Crippen molar-refractivity contribution in [3.8, 4) is 5.75 Å². The molecule has 0 bridgehead atoms. The van der Waals surface area contributed by atoms with Crippen molar-refractivity contribution in [1.82, 2.24) is 29.8 Å². The number of halogens is 1. The molecule has 0 saturated carbocycles. The lowest BCUT2D eigenvalue weighted by Crippen LogP contribution is -2.25. The van der Waals surface area contributed by atoms with Gasteiger partial charge in [-0.15, -0.1) is 0 Å². The van der Waals surface area contributed by atoms with E-state index in [4.69, 9.17) is 4.74 Å². The summed E-state index contributed by atoms with van der Waals surface area (Å²) in [6.45, 7) is 3.92. The number of nitrogens with zero attached hydrogens (tertiary/aromatic N) is 4. The molecule has 4 heterocycles. The molecule has 1 aliphatic rings. The maximum atomic E-state index is 14.2. The van der Waals surface area contributed by atoms with Crippen molar-refractivity contribution in [2.24, 2.45) is 0 Å². The van der Waals surface area contributed by atoms with Crippen LogP contribution in [0, 0.1) is 5.95 Å². The average molecular weight is 414 g/mol. The lowest BCUT2D eigenvalue weighted by Gasteiger charge is -2.16. The fraction of sp³-hybridized carbons (Fsp3) is 0.400. The summed E-state index contributed by atoms with van der Waals surface area (Å²) in [6.07, 6.45) is 2.95. The molecule has 1 fully saturated rings. The summed E-state index contributed by atoms with van der Waals surface area (Å²) < 4.78 is 21.6. The Morgan fingerprint density at radius 2 is 2.27 bits per heavy atom. The first kappa shape index (κ1) is 20.0. The van der Waals surface area contributed by atoms with Crippen LogP contribution in [-0.4, -0.2) is 56.6 Å². The van der Waals surface area contributed by atoms with Crippen molar-refractivity contribution >= 4 is 11.6 Å². The van der Waals surface area contributed by atoms with E-state index in [2.05, 4.69) is 25.3 Å². The Balaban J connectivity index is 1.40. The second-order valence-electron chi connectivity index (χ2n) is 7.26. The van der Waals surface area contributed by atoms with E-state index in [1.165, 1.54) is 19.2 Å². The lowest BCUT2D eigenvalue weighted by molar-refractivity contribution is 0.0956. The van der Waals surface area contributed by atoms with Gasteiger partial charge in [0.1, 0.15) is 17.4 Å². The quantitative estimate of drug-likeness (QED) is 0.586. The number of aryl methyl sites for hydroxylation is 1. The highest BCUT2D eigenvalue weighted by molar-refractivity contribution is 5.92. The molecule has 10 heteroatoms. The number of likely N-dealkylation sites (tertiary alicyclic amines) is 1. The van der Waals surface area contributed by atoms with Crippen LogP contribution in [0.3, 0.4) is 0 Å². The van der Waals surface area contributed by atoms with Crippen LogP contribution >= 0.6 is 0 Å². The molecule has 1 amide bonds. The largest absolute Gasteiger partial charge is 0.484 e. The molecule has 0 aliphatic carbocycles. The number of hydrogen-bond donors (Lipinski definition) is 2. The Hall–Kier alpha value is -3.27. The molecule has 1 saturated heterocycles. The zero-order chi connectivity index (χ0) is 21.3. The summed E-state index contributed by atoms with van der Waals surface area (Å²) in [7, 11) is 1.46. The van der Waals surface area contributed by atoms with Crippen molar-refractivity contribution in [2.75, 3.05) is 20.1 Å². The average Bonchev–Trinajstić information content (AvgIpc) is 3.34. The molecule has 0 spiro atoms. The van der Waals surface area contributed by atoms with E-state index in [1.807, 2.05) is 13.0 Å². The SMILES string of the molecule is CCc1cn2nc(CN3CCC(Oc4ccc(C(=O)NC)nc4F)C3)cc2[nH]c1=O.